The van der Waals surface area contributed by atoms with E-state index in [1.807, 2.05) is 19.1 Å². The minimum Gasteiger partial charge on any atom is -0.496 e. The SMILES string of the molecule is COCCOCCOCCNc1ccc(OC)c(C)c1. The van der Waals surface area contributed by atoms with Crippen molar-refractivity contribution in [3.8, 4) is 5.75 Å². The zero-order valence-electron chi connectivity index (χ0n) is 12.6. The van der Waals surface area contributed by atoms with Crippen molar-refractivity contribution in [1.29, 1.82) is 0 Å². The molecule has 0 aliphatic carbocycles. The largest absolute Gasteiger partial charge is 0.496 e. The third kappa shape index (κ3) is 6.75. The molecule has 0 spiro atoms. The second-order valence-electron chi connectivity index (χ2n) is 4.33. The molecule has 0 aliphatic rings. The van der Waals surface area contributed by atoms with Gasteiger partial charge in [0.15, 0.2) is 0 Å². The number of rotatable bonds is 11. The number of methoxy groups -OCH3 is 2. The van der Waals surface area contributed by atoms with Crippen molar-refractivity contribution in [2.45, 2.75) is 6.92 Å². The van der Waals surface area contributed by atoms with Crippen LogP contribution in [-0.2, 0) is 14.2 Å². The van der Waals surface area contributed by atoms with E-state index < -0.39 is 0 Å². The van der Waals surface area contributed by atoms with Crippen LogP contribution in [0, 0.1) is 6.92 Å². The lowest BCUT2D eigenvalue weighted by Crippen LogP contribution is -2.13. The highest BCUT2D eigenvalue weighted by atomic mass is 16.5. The molecule has 5 nitrogen and oxygen atoms in total. The van der Waals surface area contributed by atoms with Crippen LogP contribution in [0.15, 0.2) is 18.2 Å². The summed E-state index contributed by atoms with van der Waals surface area (Å²) in [7, 11) is 3.34. The van der Waals surface area contributed by atoms with Gasteiger partial charge < -0.3 is 24.3 Å². The highest BCUT2D eigenvalue weighted by molar-refractivity contribution is 5.50. The number of benzene rings is 1. The first-order valence-corrected chi connectivity index (χ1v) is 6.81. The molecule has 1 N–H and O–H groups in total. The predicted molar refractivity (Wildman–Crippen MR) is 79.7 cm³/mol. The maximum absolute atomic E-state index is 5.46. The van der Waals surface area contributed by atoms with E-state index in [0.29, 0.717) is 33.0 Å². The number of nitrogens with one attached hydrogen (secondary N) is 1. The molecule has 0 aliphatic heterocycles. The van der Waals surface area contributed by atoms with E-state index in [1.54, 1.807) is 14.2 Å². The lowest BCUT2D eigenvalue weighted by molar-refractivity contribution is 0.0272. The molecule has 20 heavy (non-hydrogen) atoms. The second kappa shape index (κ2) is 10.5. The molecule has 0 fully saturated rings. The molecule has 0 atom stereocenters. The zero-order valence-corrected chi connectivity index (χ0v) is 12.6. The number of aryl methyl sites for hydroxylation is 1. The first-order chi connectivity index (χ1) is 9.77. The summed E-state index contributed by atoms with van der Waals surface area (Å²) >= 11 is 0. The van der Waals surface area contributed by atoms with Crippen LogP contribution in [0.2, 0.25) is 0 Å². The van der Waals surface area contributed by atoms with E-state index in [0.717, 1.165) is 23.5 Å². The van der Waals surface area contributed by atoms with Gasteiger partial charge in [-0.1, -0.05) is 0 Å². The van der Waals surface area contributed by atoms with E-state index in [9.17, 15) is 0 Å². The molecule has 114 valence electrons. The summed E-state index contributed by atoms with van der Waals surface area (Å²) in [6.07, 6.45) is 0. The predicted octanol–water partition coefficient (Wildman–Crippen LogP) is 2.10. The van der Waals surface area contributed by atoms with Gasteiger partial charge in [-0.15, -0.1) is 0 Å². The Kier molecular flexibility index (Phi) is 8.78. The average Bonchev–Trinajstić information content (AvgIpc) is 2.46. The molecule has 1 aromatic carbocycles. The summed E-state index contributed by atoms with van der Waals surface area (Å²) in [5.41, 5.74) is 2.19. The molecule has 0 saturated carbocycles. The van der Waals surface area contributed by atoms with Crippen LogP contribution >= 0.6 is 0 Å². The molecule has 0 heterocycles. The summed E-state index contributed by atoms with van der Waals surface area (Å²) < 4.78 is 20.9. The highest BCUT2D eigenvalue weighted by Gasteiger charge is 1.99. The van der Waals surface area contributed by atoms with E-state index in [1.165, 1.54) is 0 Å². The monoisotopic (exact) mass is 283 g/mol. The Morgan fingerprint density at radius 1 is 0.950 bits per heavy atom. The maximum Gasteiger partial charge on any atom is 0.121 e. The second-order valence-corrected chi connectivity index (χ2v) is 4.33. The molecule has 0 bridgehead atoms. The Hall–Kier alpha value is -1.30. The molecule has 1 rings (SSSR count). The molecule has 0 saturated heterocycles. The zero-order chi connectivity index (χ0) is 14.6. The fourth-order valence-electron chi connectivity index (χ4n) is 1.72. The Morgan fingerprint density at radius 2 is 1.65 bits per heavy atom. The Bertz CT molecular complexity index is 371. The number of hydrogen-bond acceptors (Lipinski definition) is 5. The number of hydrogen-bond donors (Lipinski definition) is 1. The first kappa shape index (κ1) is 16.8. The van der Waals surface area contributed by atoms with E-state index in [2.05, 4.69) is 11.4 Å². The van der Waals surface area contributed by atoms with Crippen molar-refractivity contribution in [2.24, 2.45) is 0 Å². The number of ether oxygens (including phenoxy) is 4. The van der Waals surface area contributed by atoms with Crippen molar-refractivity contribution in [3.63, 3.8) is 0 Å². The van der Waals surface area contributed by atoms with Crippen molar-refractivity contribution >= 4 is 5.69 Å². The first-order valence-electron chi connectivity index (χ1n) is 6.81. The Labute approximate surface area is 121 Å². The van der Waals surface area contributed by atoms with Gasteiger partial charge >= 0.3 is 0 Å². The van der Waals surface area contributed by atoms with Gasteiger partial charge in [0.2, 0.25) is 0 Å². The third-order valence-electron chi connectivity index (χ3n) is 2.77. The number of anilines is 1. The summed E-state index contributed by atoms with van der Waals surface area (Å²) in [5.74, 6) is 0.903. The quantitative estimate of drug-likeness (QED) is 0.630. The van der Waals surface area contributed by atoms with Crippen molar-refractivity contribution in [1.82, 2.24) is 0 Å². The summed E-state index contributed by atoms with van der Waals surface area (Å²) in [4.78, 5) is 0. The van der Waals surface area contributed by atoms with Gasteiger partial charge in [0, 0.05) is 19.3 Å². The summed E-state index contributed by atoms with van der Waals surface area (Å²) in [6.45, 7) is 5.89. The standard InChI is InChI=1S/C15H25NO4/c1-13-12-14(4-5-15(13)18-3)16-6-7-19-10-11-20-9-8-17-2/h4-5,12,16H,6-11H2,1-3H3. The van der Waals surface area contributed by atoms with Gasteiger partial charge in [-0.25, -0.2) is 0 Å². The van der Waals surface area contributed by atoms with Gasteiger partial charge in [-0.2, -0.15) is 0 Å². The van der Waals surface area contributed by atoms with Gasteiger partial charge in [-0.3, -0.25) is 0 Å². The van der Waals surface area contributed by atoms with Gasteiger partial charge in [-0.05, 0) is 30.7 Å². The van der Waals surface area contributed by atoms with Crippen LogP contribution in [-0.4, -0.2) is 53.8 Å². The fourth-order valence-corrected chi connectivity index (χ4v) is 1.72. The van der Waals surface area contributed by atoms with Gasteiger partial charge in [0.1, 0.15) is 5.75 Å². The molecular weight excluding hydrogens is 258 g/mol. The maximum atomic E-state index is 5.46. The van der Waals surface area contributed by atoms with Crippen molar-refractivity contribution in [3.05, 3.63) is 23.8 Å². The van der Waals surface area contributed by atoms with Crippen LogP contribution in [0.5, 0.6) is 5.75 Å². The molecule has 0 aromatic heterocycles. The minimum atomic E-state index is 0.602. The highest BCUT2D eigenvalue weighted by Crippen LogP contribution is 2.20. The smallest absolute Gasteiger partial charge is 0.121 e. The van der Waals surface area contributed by atoms with Crippen LogP contribution < -0.4 is 10.1 Å². The fraction of sp³-hybridized carbons (Fsp3) is 0.600. The molecule has 0 amide bonds. The average molecular weight is 283 g/mol. The molecule has 1 aromatic rings. The third-order valence-corrected chi connectivity index (χ3v) is 2.77. The summed E-state index contributed by atoms with van der Waals surface area (Å²) in [5, 5.41) is 3.31. The molecule has 0 radical (unpaired) electrons. The molecular formula is C15H25NO4. The lowest BCUT2D eigenvalue weighted by Gasteiger charge is -2.10. The van der Waals surface area contributed by atoms with Crippen LogP contribution in [0.25, 0.3) is 0 Å². The summed E-state index contributed by atoms with van der Waals surface area (Å²) in [6, 6.07) is 6.02. The minimum absolute atomic E-state index is 0.602. The van der Waals surface area contributed by atoms with Gasteiger partial charge in [0.25, 0.3) is 0 Å². The normalized spacial score (nSPS) is 10.6. The Morgan fingerprint density at radius 3 is 2.30 bits per heavy atom. The lowest BCUT2D eigenvalue weighted by atomic mass is 10.2. The van der Waals surface area contributed by atoms with Crippen molar-refractivity contribution in [2.75, 3.05) is 59.1 Å². The van der Waals surface area contributed by atoms with Crippen LogP contribution in [0.1, 0.15) is 5.56 Å². The van der Waals surface area contributed by atoms with Gasteiger partial charge in [0.05, 0.1) is 40.1 Å². The molecule has 0 unspecified atom stereocenters. The molecule has 5 heteroatoms. The van der Waals surface area contributed by atoms with Crippen LogP contribution in [0.4, 0.5) is 5.69 Å². The van der Waals surface area contributed by atoms with Crippen LogP contribution in [0.3, 0.4) is 0 Å². The van der Waals surface area contributed by atoms with Crippen molar-refractivity contribution < 1.29 is 18.9 Å². The van der Waals surface area contributed by atoms with E-state index in [-0.39, 0.29) is 0 Å². The van der Waals surface area contributed by atoms with E-state index >= 15 is 0 Å². The Balaban J connectivity index is 2.05. The van der Waals surface area contributed by atoms with E-state index in [4.69, 9.17) is 18.9 Å². The topological polar surface area (TPSA) is 49.0 Å².